The second kappa shape index (κ2) is 6.89. The molecule has 19 heavy (non-hydrogen) atoms. The molecule has 4 heteroatoms. The van der Waals surface area contributed by atoms with Crippen LogP contribution >= 0.6 is 0 Å². The number of hydrogen-bond donors (Lipinski definition) is 2. The minimum atomic E-state index is -0.410. The average Bonchev–Trinajstić information content (AvgIpc) is 2.46. The zero-order valence-electron chi connectivity index (χ0n) is 11.5. The lowest BCUT2D eigenvalue weighted by Crippen LogP contribution is -2.37. The van der Waals surface area contributed by atoms with Crippen LogP contribution in [0.15, 0.2) is 24.3 Å². The Morgan fingerprint density at radius 1 is 1.26 bits per heavy atom. The topological polar surface area (TPSA) is 52.9 Å². The van der Waals surface area contributed by atoms with Gasteiger partial charge in [-0.1, -0.05) is 12.1 Å². The van der Waals surface area contributed by atoms with Gasteiger partial charge in [-0.2, -0.15) is 0 Å². The molecular weight excluding hydrogens is 242 g/mol. The number of benzene rings is 1. The lowest BCUT2D eigenvalue weighted by molar-refractivity contribution is 0.0159. The summed E-state index contributed by atoms with van der Waals surface area (Å²) in [6.45, 7) is 4.27. The molecule has 1 aliphatic rings. The van der Waals surface area contributed by atoms with Crippen LogP contribution in [0.2, 0.25) is 0 Å². The van der Waals surface area contributed by atoms with E-state index in [1.165, 1.54) is 5.69 Å². The SMILES string of the molecule is C[C@H](O)c1ccc(N2CCC(OCCO)CC2)cc1. The fourth-order valence-corrected chi connectivity index (χ4v) is 2.46. The first-order chi connectivity index (χ1) is 9.20. The third kappa shape index (κ3) is 3.93. The fraction of sp³-hybridized carbons (Fsp3) is 0.600. The molecule has 0 aliphatic carbocycles. The monoisotopic (exact) mass is 265 g/mol. The number of aliphatic hydroxyl groups excluding tert-OH is 2. The standard InChI is InChI=1S/C15H23NO3/c1-12(18)13-2-4-14(5-3-13)16-8-6-15(7-9-16)19-11-10-17/h2-5,12,15,17-18H,6-11H2,1H3/t12-/m0/s1. The zero-order chi connectivity index (χ0) is 13.7. The average molecular weight is 265 g/mol. The smallest absolute Gasteiger partial charge is 0.0761 e. The third-order valence-electron chi connectivity index (χ3n) is 3.63. The van der Waals surface area contributed by atoms with Gasteiger partial charge < -0.3 is 19.8 Å². The second-order valence-corrected chi connectivity index (χ2v) is 5.05. The van der Waals surface area contributed by atoms with E-state index >= 15 is 0 Å². The summed E-state index contributed by atoms with van der Waals surface area (Å²) in [6, 6.07) is 8.09. The van der Waals surface area contributed by atoms with Gasteiger partial charge in [0.25, 0.3) is 0 Å². The molecule has 106 valence electrons. The van der Waals surface area contributed by atoms with E-state index in [4.69, 9.17) is 9.84 Å². The van der Waals surface area contributed by atoms with Crippen LogP contribution in [0.3, 0.4) is 0 Å². The first kappa shape index (κ1) is 14.3. The van der Waals surface area contributed by atoms with Gasteiger partial charge in [-0.05, 0) is 37.5 Å². The van der Waals surface area contributed by atoms with E-state index in [0.717, 1.165) is 31.5 Å². The summed E-state index contributed by atoms with van der Waals surface area (Å²) < 4.78 is 5.56. The van der Waals surface area contributed by atoms with Crippen molar-refractivity contribution in [2.24, 2.45) is 0 Å². The molecule has 0 saturated carbocycles. The van der Waals surface area contributed by atoms with E-state index in [9.17, 15) is 5.11 Å². The number of aliphatic hydroxyl groups is 2. The van der Waals surface area contributed by atoms with Crippen molar-refractivity contribution in [3.63, 3.8) is 0 Å². The molecule has 2 rings (SSSR count). The summed E-state index contributed by atoms with van der Waals surface area (Å²) in [4.78, 5) is 2.34. The molecular formula is C15H23NO3. The first-order valence-corrected chi connectivity index (χ1v) is 6.96. The summed E-state index contributed by atoms with van der Waals surface area (Å²) >= 11 is 0. The largest absolute Gasteiger partial charge is 0.394 e. The zero-order valence-corrected chi connectivity index (χ0v) is 11.5. The van der Waals surface area contributed by atoms with Crippen LogP contribution < -0.4 is 4.90 Å². The maximum atomic E-state index is 9.49. The normalized spacial score (nSPS) is 18.6. The number of ether oxygens (including phenoxy) is 1. The molecule has 1 aromatic rings. The van der Waals surface area contributed by atoms with Crippen LogP contribution in [0.1, 0.15) is 31.4 Å². The maximum Gasteiger partial charge on any atom is 0.0761 e. The summed E-state index contributed by atoms with van der Waals surface area (Å²) in [6.07, 6.45) is 1.86. The van der Waals surface area contributed by atoms with Crippen LogP contribution in [0.4, 0.5) is 5.69 Å². The number of anilines is 1. The van der Waals surface area contributed by atoms with Gasteiger partial charge in [-0.15, -0.1) is 0 Å². The lowest BCUT2D eigenvalue weighted by Gasteiger charge is -2.33. The summed E-state index contributed by atoms with van der Waals surface area (Å²) in [5, 5.41) is 18.2. The van der Waals surface area contributed by atoms with Crippen molar-refractivity contribution in [1.29, 1.82) is 0 Å². The van der Waals surface area contributed by atoms with Crippen LogP contribution in [0.25, 0.3) is 0 Å². The highest BCUT2D eigenvalue weighted by Crippen LogP contribution is 2.23. The van der Waals surface area contributed by atoms with Gasteiger partial charge >= 0.3 is 0 Å². The van der Waals surface area contributed by atoms with Gasteiger partial charge in [0.15, 0.2) is 0 Å². The Balaban J connectivity index is 1.87. The molecule has 1 atom stereocenters. The van der Waals surface area contributed by atoms with Gasteiger partial charge in [-0.3, -0.25) is 0 Å². The molecule has 1 aliphatic heterocycles. The van der Waals surface area contributed by atoms with Crippen molar-refractivity contribution < 1.29 is 14.9 Å². The molecule has 2 N–H and O–H groups in total. The second-order valence-electron chi connectivity index (χ2n) is 5.05. The van der Waals surface area contributed by atoms with Crippen LogP contribution in [0, 0.1) is 0 Å². The van der Waals surface area contributed by atoms with Crippen LogP contribution in [-0.4, -0.2) is 42.6 Å². The highest BCUT2D eigenvalue weighted by atomic mass is 16.5. The minimum Gasteiger partial charge on any atom is -0.394 e. The van der Waals surface area contributed by atoms with Gasteiger partial charge in [0.05, 0.1) is 25.4 Å². The Labute approximate surface area is 114 Å². The number of piperidine rings is 1. The lowest BCUT2D eigenvalue weighted by atomic mass is 10.1. The molecule has 0 bridgehead atoms. The maximum absolute atomic E-state index is 9.49. The Morgan fingerprint density at radius 3 is 2.42 bits per heavy atom. The van der Waals surface area contributed by atoms with E-state index in [1.54, 1.807) is 6.92 Å². The Bertz CT molecular complexity index is 369. The van der Waals surface area contributed by atoms with Crippen molar-refractivity contribution in [1.82, 2.24) is 0 Å². The van der Waals surface area contributed by atoms with E-state index < -0.39 is 6.10 Å². The number of rotatable bonds is 5. The van der Waals surface area contributed by atoms with E-state index in [-0.39, 0.29) is 12.7 Å². The Morgan fingerprint density at radius 2 is 1.89 bits per heavy atom. The highest BCUT2D eigenvalue weighted by Gasteiger charge is 2.19. The van der Waals surface area contributed by atoms with Crippen molar-refractivity contribution in [2.75, 3.05) is 31.2 Å². The van der Waals surface area contributed by atoms with Crippen LogP contribution in [-0.2, 0) is 4.74 Å². The Hall–Kier alpha value is -1.10. The first-order valence-electron chi connectivity index (χ1n) is 6.96. The number of hydrogen-bond acceptors (Lipinski definition) is 4. The summed E-state index contributed by atoms with van der Waals surface area (Å²) in [5.74, 6) is 0. The molecule has 0 spiro atoms. The van der Waals surface area contributed by atoms with E-state index in [2.05, 4.69) is 17.0 Å². The van der Waals surface area contributed by atoms with Gasteiger partial charge in [0.1, 0.15) is 0 Å². The molecule has 1 heterocycles. The minimum absolute atomic E-state index is 0.0982. The van der Waals surface area contributed by atoms with Gasteiger partial charge in [-0.25, -0.2) is 0 Å². The van der Waals surface area contributed by atoms with Gasteiger partial charge in [0, 0.05) is 18.8 Å². The summed E-state index contributed by atoms with van der Waals surface area (Å²) in [5.41, 5.74) is 2.15. The third-order valence-corrected chi connectivity index (χ3v) is 3.63. The molecule has 1 fully saturated rings. The Kier molecular flexibility index (Phi) is 5.19. The fourth-order valence-electron chi connectivity index (χ4n) is 2.46. The van der Waals surface area contributed by atoms with E-state index in [0.29, 0.717) is 6.61 Å². The van der Waals surface area contributed by atoms with Crippen molar-refractivity contribution >= 4 is 5.69 Å². The molecule has 0 radical (unpaired) electrons. The predicted octanol–water partition coefficient (Wildman–Crippen LogP) is 1.72. The highest BCUT2D eigenvalue weighted by molar-refractivity contribution is 5.48. The molecule has 0 amide bonds. The molecule has 4 nitrogen and oxygen atoms in total. The molecule has 1 saturated heterocycles. The van der Waals surface area contributed by atoms with Crippen molar-refractivity contribution in [2.45, 2.75) is 32.0 Å². The summed E-state index contributed by atoms with van der Waals surface area (Å²) in [7, 11) is 0. The predicted molar refractivity (Wildman–Crippen MR) is 75.3 cm³/mol. The number of nitrogens with zero attached hydrogens (tertiary/aromatic N) is 1. The van der Waals surface area contributed by atoms with Crippen molar-refractivity contribution in [3.8, 4) is 0 Å². The quantitative estimate of drug-likeness (QED) is 0.851. The van der Waals surface area contributed by atoms with Gasteiger partial charge in [0.2, 0.25) is 0 Å². The molecule has 0 unspecified atom stereocenters. The van der Waals surface area contributed by atoms with E-state index in [1.807, 2.05) is 12.1 Å². The van der Waals surface area contributed by atoms with Crippen LogP contribution in [0.5, 0.6) is 0 Å². The molecule has 0 aromatic heterocycles. The molecule has 1 aromatic carbocycles. The van der Waals surface area contributed by atoms with Crippen molar-refractivity contribution in [3.05, 3.63) is 29.8 Å².